The van der Waals surface area contributed by atoms with Gasteiger partial charge in [-0.2, -0.15) is 18.3 Å². The smallest absolute Gasteiger partial charge is 0.410 e. The van der Waals surface area contributed by atoms with Crippen LogP contribution >= 0.6 is 22.9 Å². The van der Waals surface area contributed by atoms with Crippen LogP contribution in [0.5, 0.6) is 0 Å². The first-order chi connectivity index (χ1) is 17.2. The van der Waals surface area contributed by atoms with Crippen LogP contribution in [0.15, 0.2) is 30.3 Å². The highest BCUT2D eigenvalue weighted by Gasteiger charge is 2.48. The average molecular weight is 539 g/mol. The SMILES string of the molecule is CCOC(=O)c1c(NC(=O)c2nn3c(c2Cl)N[C@@H](c2ccccc2)C[C@H]3C(F)(F)F)sc2c1CCC2. The molecule has 1 aliphatic carbocycles. The quantitative estimate of drug-likeness (QED) is 0.379. The number of amides is 1. The van der Waals surface area contributed by atoms with Crippen molar-refractivity contribution in [3.8, 4) is 0 Å². The number of hydrogen-bond acceptors (Lipinski definition) is 6. The van der Waals surface area contributed by atoms with Crippen LogP contribution in [0.25, 0.3) is 0 Å². The lowest BCUT2D eigenvalue weighted by atomic mass is 9.97. The van der Waals surface area contributed by atoms with Gasteiger partial charge >= 0.3 is 12.1 Å². The summed E-state index contributed by atoms with van der Waals surface area (Å²) in [6.45, 7) is 1.86. The molecule has 1 amide bonds. The van der Waals surface area contributed by atoms with E-state index >= 15 is 0 Å². The van der Waals surface area contributed by atoms with Crippen molar-refractivity contribution in [2.75, 3.05) is 17.2 Å². The second kappa shape index (κ2) is 9.44. The average Bonchev–Trinajstić information content (AvgIpc) is 3.51. The number of aryl methyl sites for hydroxylation is 1. The Hall–Kier alpha value is -3.05. The first-order valence-corrected chi connectivity index (χ1v) is 12.7. The van der Waals surface area contributed by atoms with E-state index in [2.05, 4.69) is 15.7 Å². The summed E-state index contributed by atoms with van der Waals surface area (Å²) >= 11 is 7.70. The zero-order chi connectivity index (χ0) is 25.6. The van der Waals surface area contributed by atoms with Crippen LogP contribution in [0.4, 0.5) is 24.0 Å². The van der Waals surface area contributed by atoms with E-state index in [-0.39, 0.29) is 34.6 Å². The van der Waals surface area contributed by atoms with E-state index in [4.69, 9.17) is 16.3 Å². The minimum Gasteiger partial charge on any atom is -0.462 e. The van der Waals surface area contributed by atoms with E-state index in [0.717, 1.165) is 28.0 Å². The second-order valence-electron chi connectivity index (χ2n) is 8.59. The molecule has 36 heavy (non-hydrogen) atoms. The standard InChI is InChI=1S/C24H22ClF3N4O3S/c1-2-35-23(34)17-13-9-6-10-15(13)36-22(17)30-21(33)19-18(25)20-29-14(12-7-4-3-5-8-12)11-16(24(26,27)28)32(20)31-19/h3-5,7-8,14,16,29H,2,6,9-11H2,1H3,(H,30,33)/t14-,16+/m1/s1. The summed E-state index contributed by atoms with van der Waals surface area (Å²) in [5.74, 6) is -1.43. The first kappa shape index (κ1) is 24.6. The lowest BCUT2D eigenvalue weighted by Gasteiger charge is -2.33. The third kappa shape index (κ3) is 4.34. The molecule has 2 aromatic heterocycles. The number of alkyl halides is 3. The Morgan fingerprint density at radius 2 is 2.03 bits per heavy atom. The molecular formula is C24H22ClF3N4O3S. The van der Waals surface area contributed by atoms with Crippen molar-refractivity contribution >= 4 is 45.6 Å². The highest BCUT2D eigenvalue weighted by Crippen LogP contribution is 2.46. The van der Waals surface area contributed by atoms with E-state index in [9.17, 15) is 22.8 Å². The van der Waals surface area contributed by atoms with Gasteiger partial charge < -0.3 is 15.4 Å². The number of ether oxygens (including phenoxy) is 1. The normalized spacial score (nSPS) is 18.8. The highest BCUT2D eigenvalue weighted by molar-refractivity contribution is 7.17. The van der Waals surface area contributed by atoms with Crippen LogP contribution in [0, 0.1) is 0 Å². The molecule has 0 unspecified atom stereocenters. The zero-order valence-electron chi connectivity index (χ0n) is 19.1. The van der Waals surface area contributed by atoms with Crippen molar-refractivity contribution in [2.24, 2.45) is 0 Å². The summed E-state index contributed by atoms with van der Waals surface area (Å²) in [5, 5.41) is 9.71. The van der Waals surface area contributed by atoms with E-state index in [1.165, 1.54) is 11.3 Å². The van der Waals surface area contributed by atoms with Crippen molar-refractivity contribution in [1.29, 1.82) is 0 Å². The van der Waals surface area contributed by atoms with Crippen molar-refractivity contribution in [3.63, 3.8) is 0 Å². The van der Waals surface area contributed by atoms with Gasteiger partial charge in [-0.05, 0) is 37.3 Å². The summed E-state index contributed by atoms with van der Waals surface area (Å²) in [6, 6.07) is 6.07. The minimum absolute atomic E-state index is 0.0801. The molecule has 0 fully saturated rings. The van der Waals surface area contributed by atoms with Crippen molar-refractivity contribution in [3.05, 3.63) is 62.6 Å². The molecule has 0 saturated carbocycles. The maximum Gasteiger partial charge on any atom is 0.410 e. The summed E-state index contributed by atoms with van der Waals surface area (Å²) in [4.78, 5) is 26.8. The number of fused-ring (bicyclic) bond motifs is 2. The zero-order valence-corrected chi connectivity index (χ0v) is 20.7. The molecule has 2 N–H and O–H groups in total. The molecule has 1 aromatic carbocycles. The van der Waals surface area contributed by atoms with E-state index in [1.807, 2.05) is 0 Å². The second-order valence-corrected chi connectivity index (χ2v) is 10.1. The number of rotatable bonds is 5. The molecule has 5 rings (SSSR count). The monoisotopic (exact) mass is 538 g/mol. The number of carbonyl (C=O) groups excluding carboxylic acids is 2. The third-order valence-corrected chi connectivity index (χ3v) is 7.91. The van der Waals surface area contributed by atoms with Gasteiger partial charge in [-0.1, -0.05) is 41.9 Å². The van der Waals surface area contributed by atoms with Gasteiger partial charge in [0.1, 0.15) is 15.8 Å². The predicted octanol–water partition coefficient (Wildman–Crippen LogP) is 6.18. The van der Waals surface area contributed by atoms with Gasteiger partial charge in [0.25, 0.3) is 5.91 Å². The van der Waals surface area contributed by atoms with Crippen LogP contribution in [0.1, 0.15) is 68.7 Å². The molecule has 2 aliphatic rings. The number of nitrogens with one attached hydrogen (secondary N) is 2. The lowest BCUT2D eigenvalue weighted by Crippen LogP contribution is -2.35. The number of benzene rings is 1. The Morgan fingerprint density at radius 1 is 1.28 bits per heavy atom. The molecule has 1 aliphatic heterocycles. The Morgan fingerprint density at radius 3 is 2.72 bits per heavy atom. The summed E-state index contributed by atoms with van der Waals surface area (Å²) in [5.41, 5.74) is 1.44. The predicted molar refractivity (Wildman–Crippen MR) is 130 cm³/mol. The van der Waals surface area contributed by atoms with Crippen molar-refractivity contribution < 1.29 is 27.5 Å². The number of halogens is 4. The van der Waals surface area contributed by atoms with Gasteiger partial charge in [-0.3, -0.25) is 4.79 Å². The lowest BCUT2D eigenvalue weighted by molar-refractivity contribution is -0.173. The summed E-state index contributed by atoms with van der Waals surface area (Å²) in [7, 11) is 0. The molecule has 12 heteroatoms. The maximum atomic E-state index is 14.0. The van der Waals surface area contributed by atoms with E-state index in [0.29, 0.717) is 17.5 Å². The van der Waals surface area contributed by atoms with Gasteiger partial charge in [-0.15, -0.1) is 11.3 Å². The Labute approximate surface area is 213 Å². The van der Waals surface area contributed by atoms with Gasteiger partial charge in [0, 0.05) is 11.3 Å². The number of carbonyl (C=O) groups is 2. The van der Waals surface area contributed by atoms with Crippen molar-refractivity contribution in [1.82, 2.24) is 9.78 Å². The molecule has 3 heterocycles. The van der Waals surface area contributed by atoms with E-state index < -0.39 is 30.1 Å². The molecule has 0 bridgehead atoms. The highest BCUT2D eigenvalue weighted by atomic mass is 35.5. The number of esters is 1. The Bertz CT molecular complexity index is 1320. The van der Waals surface area contributed by atoms with Crippen LogP contribution < -0.4 is 10.6 Å². The fourth-order valence-corrected chi connectivity index (χ4v) is 6.25. The third-order valence-electron chi connectivity index (χ3n) is 6.34. The summed E-state index contributed by atoms with van der Waals surface area (Å²) in [6.07, 6.45) is -2.56. The van der Waals surface area contributed by atoms with Crippen LogP contribution in [-0.2, 0) is 17.6 Å². The Kier molecular flexibility index (Phi) is 6.46. The van der Waals surface area contributed by atoms with Crippen LogP contribution in [-0.4, -0.2) is 34.4 Å². The number of nitrogens with zero attached hydrogens (tertiary/aromatic N) is 2. The number of aromatic nitrogens is 2. The van der Waals surface area contributed by atoms with E-state index in [1.54, 1.807) is 37.3 Å². The molecular weight excluding hydrogens is 517 g/mol. The van der Waals surface area contributed by atoms with Gasteiger partial charge in [0.2, 0.25) is 0 Å². The summed E-state index contributed by atoms with van der Waals surface area (Å²) < 4.78 is 48.0. The topological polar surface area (TPSA) is 85.2 Å². The number of thiophene rings is 1. The molecule has 0 spiro atoms. The molecule has 3 aromatic rings. The maximum absolute atomic E-state index is 14.0. The first-order valence-electron chi connectivity index (χ1n) is 11.5. The van der Waals surface area contributed by atoms with Gasteiger partial charge in [0.05, 0.1) is 18.2 Å². The number of hydrogen-bond donors (Lipinski definition) is 2. The van der Waals surface area contributed by atoms with Crippen LogP contribution in [0.3, 0.4) is 0 Å². The molecule has 190 valence electrons. The molecule has 0 saturated heterocycles. The largest absolute Gasteiger partial charge is 0.462 e. The fourth-order valence-electron chi connectivity index (χ4n) is 4.71. The molecule has 2 atom stereocenters. The Balaban J connectivity index is 1.49. The van der Waals surface area contributed by atoms with Crippen LogP contribution in [0.2, 0.25) is 5.02 Å². The fraction of sp³-hybridized carbons (Fsp3) is 0.375. The van der Waals surface area contributed by atoms with Crippen molar-refractivity contribution in [2.45, 2.75) is 50.9 Å². The molecule has 7 nitrogen and oxygen atoms in total. The molecule has 0 radical (unpaired) electrons. The minimum atomic E-state index is -4.61. The van der Waals surface area contributed by atoms with Gasteiger partial charge in [-0.25, -0.2) is 9.48 Å². The number of anilines is 2. The van der Waals surface area contributed by atoms with Gasteiger partial charge in [0.15, 0.2) is 11.7 Å².